The molecule has 0 radical (unpaired) electrons. The van der Waals surface area contributed by atoms with Crippen molar-refractivity contribution in [2.75, 3.05) is 32.7 Å². The maximum absolute atomic E-state index is 9.92. The minimum Gasteiger partial charge on any atom is -0.390 e. The van der Waals surface area contributed by atoms with Crippen LogP contribution in [0.3, 0.4) is 0 Å². The van der Waals surface area contributed by atoms with Crippen LogP contribution in [0.1, 0.15) is 40.5 Å². The Morgan fingerprint density at radius 2 is 2.12 bits per heavy atom. The van der Waals surface area contributed by atoms with E-state index in [1.807, 2.05) is 0 Å². The van der Waals surface area contributed by atoms with Gasteiger partial charge < -0.3 is 15.3 Å². The summed E-state index contributed by atoms with van der Waals surface area (Å²) in [7, 11) is 0. The van der Waals surface area contributed by atoms with Crippen molar-refractivity contribution in [2.45, 2.75) is 46.6 Å². The van der Waals surface area contributed by atoms with E-state index in [4.69, 9.17) is 0 Å². The lowest BCUT2D eigenvalue weighted by atomic mass is 9.80. The molecule has 1 saturated heterocycles. The fourth-order valence-electron chi connectivity index (χ4n) is 2.51. The van der Waals surface area contributed by atoms with Crippen molar-refractivity contribution in [1.29, 1.82) is 0 Å². The van der Waals surface area contributed by atoms with E-state index in [0.29, 0.717) is 5.41 Å². The van der Waals surface area contributed by atoms with E-state index in [-0.39, 0.29) is 6.10 Å². The second-order valence-electron chi connectivity index (χ2n) is 6.47. The first-order valence-electron chi connectivity index (χ1n) is 7.04. The summed E-state index contributed by atoms with van der Waals surface area (Å²) in [6, 6.07) is 0. The van der Waals surface area contributed by atoms with Crippen LogP contribution in [0.5, 0.6) is 0 Å². The number of aliphatic hydroxyl groups is 1. The third-order valence-corrected chi connectivity index (χ3v) is 3.77. The van der Waals surface area contributed by atoms with Crippen LogP contribution in [-0.2, 0) is 0 Å². The van der Waals surface area contributed by atoms with Crippen molar-refractivity contribution >= 4 is 0 Å². The lowest BCUT2D eigenvalue weighted by molar-refractivity contribution is 0.117. The minimum absolute atomic E-state index is 0.222. The largest absolute Gasteiger partial charge is 0.390 e. The second-order valence-corrected chi connectivity index (χ2v) is 6.47. The molecular weight excluding hydrogens is 212 g/mol. The van der Waals surface area contributed by atoms with Gasteiger partial charge in [0.25, 0.3) is 0 Å². The van der Waals surface area contributed by atoms with Gasteiger partial charge in [-0.15, -0.1) is 0 Å². The van der Waals surface area contributed by atoms with Gasteiger partial charge in [-0.05, 0) is 37.3 Å². The highest BCUT2D eigenvalue weighted by Gasteiger charge is 2.32. The molecule has 2 atom stereocenters. The highest BCUT2D eigenvalue weighted by molar-refractivity contribution is 4.84. The molecular formula is C14H30N2O. The molecule has 17 heavy (non-hydrogen) atoms. The Hall–Kier alpha value is -0.120. The van der Waals surface area contributed by atoms with Crippen molar-refractivity contribution in [1.82, 2.24) is 10.2 Å². The third-order valence-electron chi connectivity index (χ3n) is 3.77. The highest BCUT2D eigenvalue weighted by atomic mass is 16.3. The first kappa shape index (κ1) is 14.9. The molecule has 0 spiro atoms. The molecule has 0 aliphatic carbocycles. The predicted octanol–water partition coefficient (Wildman–Crippen LogP) is 1.71. The molecule has 2 N–H and O–H groups in total. The molecule has 0 aromatic carbocycles. The normalized spacial score (nSPS) is 24.2. The van der Waals surface area contributed by atoms with Crippen molar-refractivity contribution in [3.05, 3.63) is 0 Å². The Labute approximate surface area is 107 Å². The molecule has 1 aliphatic rings. The smallest absolute Gasteiger partial charge is 0.0791 e. The Morgan fingerprint density at radius 3 is 2.65 bits per heavy atom. The maximum atomic E-state index is 9.92. The zero-order valence-electron chi connectivity index (χ0n) is 12.0. The molecule has 0 saturated carbocycles. The Kier molecular flexibility index (Phi) is 5.90. The average Bonchev–Trinajstić information content (AvgIpc) is 2.66. The topological polar surface area (TPSA) is 35.5 Å². The van der Waals surface area contributed by atoms with E-state index in [1.165, 1.54) is 6.42 Å². The van der Waals surface area contributed by atoms with Crippen molar-refractivity contribution in [3.63, 3.8) is 0 Å². The van der Waals surface area contributed by atoms with Crippen LogP contribution in [-0.4, -0.2) is 48.8 Å². The SMILES string of the molecule is CCCNCC(O)CN1CCC(C(C)(C)C)C1. The molecule has 0 amide bonds. The first-order chi connectivity index (χ1) is 7.93. The zero-order valence-corrected chi connectivity index (χ0v) is 12.0. The number of hydrogen-bond donors (Lipinski definition) is 2. The van der Waals surface area contributed by atoms with Crippen LogP contribution < -0.4 is 5.32 Å². The number of hydrogen-bond acceptors (Lipinski definition) is 3. The van der Waals surface area contributed by atoms with Crippen molar-refractivity contribution in [3.8, 4) is 0 Å². The minimum atomic E-state index is -0.222. The van der Waals surface area contributed by atoms with Gasteiger partial charge in [-0.3, -0.25) is 0 Å². The van der Waals surface area contributed by atoms with E-state index < -0.39 is 0 Å². The monoisotopic (exact) mass is 242 g/mol. The standard InChI is InChI=1S/C14H30N2O/c1-5-7-15-9-13(17)11-16-8-6-12(10-16)14(2,3)4/h12-13,15,17H,5-11H2,1-4H3. The van der Waals surface area contributed by atoms with Gasteiger partial charge in [-0.2, -0.15) is 0 Å². The van der Waals surface area contributed by atoms with E-state index >= 15 is 0 Å². The first-order valence-corrected chi connectivity index (χ1v) is 7.04. The van der Waals surface area contributed by atoms with Gasteiger partial charge in [0, 0.05) is 19.6 Å². The van der Waals surface area contributed by atoms with Gasteiger partial charge in [0.05, 0.1) is 6.10 Å². The van der Waals surface area contributed by atoms with Gasteiger partial charge in [-0.25, -0.2) is 0 Å². The quantitative estimate of drug-likeness (QED) is 0.696. The second kappa shape index (κ2) is 6.72. The van der Waals surface area contributed by atoms with Crippen LogP contribution in [0, 0.1) is 11.3 Å². The van der Waals surface area contributed by atoms with Crippen molar-refractivity contribution in [2.24, 2.45) is 11.3 Å². The molecule has 2 unspecified atom stereocenters. The predicted molar refractivity (Wildman–Crippen MR) is 73.2 cm³/mol. The Morgan fingerprint density at radius 1 is 1.41 bits per heavy atom. The van der Waals surface area contributed by atoms with E-state index in [1.54, 1.807) is 0 Å². The fourth-order valence-corrected chi connectivity index (χ4v) is 2.51. The van der Waals surface area contributed by atoms with E-state index in [0.717, 1.165) is 45.1 Å². The van der Waals surface area contributed by atoms with Gasteiger partial charge in [0.1, 0.15) is 0 Å². The Balaban J connectivity index is 2.21. The summed E-state index contributed by atoms with van der Waals surface area (Å²) in [6.45, 7) is 13.9. The van der Waals surface area contributed by atoms with E-state index in [2.05, 4.69) is 37.9 Å². The van der Waals surface area contributed by atoms with E-state index in [9.17, 15) is 5.11 Å². The highest BCUT2D eigenvalue weighted by Crippen LogP contribution is 2.33. The number of aliphatic hydroxyl groups excluding tert-OH is 1. The summed E-state index contributed by atoms with van der Waals surface area (Å²) >= 11 is 0. The number of β-amino-alcohol motifs (C(OH)–C–C–N with tert-alkyl or cyclic N) is 1. The summed E-state index contributed by atoms with van der Waals surface area (Å²) in [6.07, 6.45) is 2.18. The van der Waals surface area contributed by atoms with Gasteiger partial charge in [0.2, 0.25) is 0 Å². The molecule has 1 aliphatic heterocycles. The van der Waals surface area contributed by atoms with Crippen molar-refractivity contribution < 1.29 is 5.11 Å². The summed E-state index contributed by atoms with van der Waals surface area (Å²) in [5.41, 5.74) is 0.403. The summed E-state index contributed by atoms with van der Waals surface area (Å²) in [5.74, 6) is 0.776. The number of nitrogens with one attached hydrogen (secondary N) is 1. The summed E-state index contributed by atoms with van der Waals surface area (Å²) in [5, 5.41) is 13.2. The van der Waals surface area contributed by atoms with Gasteiger partial charge in [0.15, 0.2) is 0 Å². The molecule has 0 aromatic heterocycles. The lowest BCUT2D eigenvalue weighted by Crippen LogP contribution is -2.38. The summed E-state index contributed by atoms with van der Waals surface area (Å²) < 4.78 is 0. The third kappa shape index (κ3) is 5.36. The van der Waals surface area contributed by atoms with Gasteiger partial charge >= 0.3 is 0 Å². The molecule has 3 heteroatoms. The van der Waals surface area contributed by atoms with Crippen LogP contribution in [0.15, 0.2) is 0 Å². The molecule has 0 aromatic rings. The molecule has 1 rings (SSSR count). The summed E-state index contributed by atoms with van der Waals surface area (Å²) in [4.78, 5) is 2.41. The zero-order chi connectivity index (χ0) is 12.9. The molecule has 1 heterocycles. The average molecular weight is 242 g/mol. The molecule has 102 valence electrons. The van der Waals surface area contributed by atoms with Crippen LogP contribution in [0.4, 0.5) is 0 Å². The maximum Gasteiger partial charge on any atom is 0.0791 e. The van der Waals surface area contributed by atoms with Crippen LogP contribution in [0.25, 0.3) is 0 Å². The number of rotatable bonds is 6. The molecule has 3 nitrogen and oxygen atoms in total. The van der Waals surface area contributed by atoms with Crippen LogP contribution in [0.2, 0.25) is 0 Å². The van der Waals surface area contributed by atoms with Crippen LogP contribution >= 0.6 is 0 Å². The molecule has 1 fully saturated rings. The Bertz CT molecular complexity index is 213. The lowest BCUT2D eigenvalue weighted by Gasteiger charge is -2.27. The molecule has 0 bridgehead atoms. The number of nitrogens with zero attached hydrogens (tertiary/aromatic N) is 1. The van der Waals surface area contributed by atoms with Gasteiger partial charge in [-0.1, -0.05) is 27.7 Å². The fraction of sp³-hybridized carbons (Fsp3) is 1.00. The number of likely N-dealkylation sites (tertiary alicyclic amines) is 1.